The molecule has 2 fully saturated rings. The molecule has 1 unspecified atom stereocenters. The fourth-order valence-electron chi connectivity index (χ4n) is 6.93. The SMILES string of the molecule is C=CCN1CC[C@@]2(c3cccc(O)c3)C[C@H](N(CC(C)C)C(=O)c3ccc4ccccc4c3)CC(O)[C@@H]2C1. The molecular weight excluding hydrogens is 472 g/mol. The normalized spacial score (nSPS) is 25.7. The van der Waals surface area contributed by atoms with Crippen molar-refractivity contribution in [2.45, 2.75) is 50.7 Å². The minimum Gasteiger partial charge on any atom is -0.508 e. The molecule has 200 valence electrons. The number of carbonyl (C=O) groups excluding carboxylic acids is 1. The Kier molecular flexibility index (Phi) is 7.60. The van der Waals surface area contributed by atoms with Crippen molar-refractivity contribution in [3.05, 3.63) is 90.5 Å². The number of rotatable bonds is 7. The van der Waals surface area contributed by atoms with E-state index in [0.717, 1.165) is 48.8 Å². The first-order valence-electron chi connectivity index (χ1n) is 13.9. The summed E-state index contributed by atoms with van der Waals surface area (Å²) in [7, 11) is 0. The molecule has 1 amide bonds. The molecule has 5 heteroatoms. The molecule has 0 bridgehead atoms. The molecule has 1 aliphatic heterocycles. The maximum absolute atomic E-state index is 14.1. The van der Waals surface area contributed by atoms with Gasteiger partial charge >= 0.3 is 0 Å². The van der Waals surface area contributed by atoms with E-state index in [4.69, 9.17) is 0 Å². The second-order valence-electron chi connectivity index (χ2n) is 11.7. The van der Waals surface area contributed by atoms with Crippen LogP contribution in [0.2, 0.25) is 0 Å². The Hall–Kier alpha value is -3.15. The zero-order valence-electron chi connectivity index (χ0n) is 22.6. The topological polar surface area (TPSA) is 64.0 Å². The van der Waals surface area contributed by atoms with Crippen molar-refractivity contribution < 1.29 is 15.0 Å². The van der Waals surface area contributed by atoms with Crippen LogP contribution in [0, 0.1) is 11.8 Å². The number of likely N-dealkylation sites (tertiary alicyclic amines) is 1. The molecule has 1 aliphatic carbocycles. The van der Waals surface area contributed by atoms with Crippen LogP contribution in [0.3, 0.4) is 0 Å². The summed E-state index contributed by atoms with van der Waals surface area (Å²) in [5, 5.41) is 24.2. The van der Waals surface area contributed by atoms with Gasteiger partial charge in [0.05, 0.1) is 6.10 Å². The molecule has 1 heterocycles. The number of piperidine rings is 1. The molecule has 3 aromatic rings. The summed E-state index contributed by atoms with van der Waals surface area (Å²) in [4.78, 5) is 18.5. The molecule has 2 N–H and O–H groups in total. The number of hydrogen-bond donors (Lipinski definition) is 2. The number of phenols is 1. The second-order valence-corrected chi connectivity index (χ2v) is 11.7. The Bertz CT molecular complexity index is 1300. The molecule has 0 aromatic heterocycles. The highest BCUT2D eigenvalue weighted by atomic mass is 16.3. The fourth-order valence-corrected chi connectivity index (χ4v) is 6.93. The van der Waals surface area contributed by atoms with Crippen LogP contribution in [0.4, 0.5) is 0 Å². The van der Waals surface area contributed by atoms with E-state index in [1.54, 1.807) is 6.07 Å². The number of aliphatic hydroxyl groups excluding tert-OH is 1. The number of fused-ring (bicyclic) bond motifs is 2. The lowest BCUT2D eigenvalue weighted by molar-refractivity contribution is -0.0630. The first-order valence-corrected chi connectivity index (χ1v) is 13.9. The van der Waals surface area contributed by atoms with Crippen molar-refractivity contribution in [3.8, 4) is 5.75 Å². The Morgan fingerprint density at radius 2 is 1.92 bits per heavy atom. The smallest absolute Gasteiger partial charge is 0.254 e. The summed E-state index contributed by atoms with van der Waals surface area (Å²) >= 11 is 0. The third-order valence-electron chi connectivity index (χ3n) is 8.68. The van der Waals surface area contributed by atoms with Gasteiger partial charge in [-0.1, -0.05) is 62.4 Å². The maximum atomic E-state index is 14.1. The third kappa shape index (κ3) is 5.10. The van der Waals surface area contributed by atoms with E-state index in [0.29, 0.717) is 24.4 Å². The zero-order valence-corrected chi connectivity index (χ0v) is 22.6. The van der Waals surface area contributed by atoms with Gasteiger partial charge < -0.3 is 15.1 Å². The number of hydrogen-bond acceptors (Lipinski definition) is 4. The van der Waals surface area contributed by atoms with E-state index in [-0.39, 0.29) is 29.0 Å². The summed E-state index contributed by atoms with van der Waals surface area (Å²) in [5.41, 5.74) is 1.43. The standard InChI is InChI=1S/C33H40N2O3/c1-4-15-34-16-14-33(27-10-7-11-29(36)18-27)20-28(19-31(37)30(33)22-34)35(21-23(2)3)32(38)26-13-12-24-8-5-6-9-25(24)17-26/h4-13,17-18,23,28,30-31,36-37H,1,14-16,19-22H2,2-3H3/t28-,30+,31?,33+/m1/s1. The molecule has 1 saturated heterocycles. The lowest BCUT2D eigenvalue weighted by Gasteiger charge is -2.56. The van der Waals surface area contributed by atoms with Crippen LogP contribution < -0.4 is 0 Å². The van der Waals surface area contributed by atoms with Crippen molar-refractivity contribution >= 4 is 16.7 Å². The summed E-state index contributed by atoms with van der Waals surface area (Å²) in [5.74, 6) is 0.577. The molecule has 5 rings (SSSR count). The summed E-state index contributed by atoms with van der Waals surface area (Å²) in [6.07, 6.45) is 3.56. The van der Waals surface area contributed by atoms with Crippen LogP contribution >= 0.6 is 0 Å². The van der Waals surface area contributed by atoms with Gasteiger partial charge in [0, 0.05) is 42.6 Å². The molecule has 2 aliphatic rings. The van der Waals surface area contributed by atoms with Crippen LogP contribution in [0.25, 0.3) is 10.8 Å². The first kappa shape index (κ1) is 26.5. The third-order valence-corrected chi connectivity index (χ3v) is 8.68. The molecular formula is C33H40N2O3. The van der Waals surface area contributed by atoms with Gasteiger partial charge in [-0.25, -0.2) is 0 Å². The van der Waals surface area contributed by atoms with Gasteiger partial charge in [0.15, 0.2) is 0 Å². The van der Waals surface area contributed by atoms with E-state index >= 15 is 0 Å². The Morgan fingerprint density at radius 1 is 1.13 bits per heavy atom. The van der Waals surface area contributed by atoms with E-state index in [9.17, 15) is 15.0 Å². The van der Waals surface area contributed by atoms with Gasteiger partial charge in [-0.3, -0.25) is 9.69 Å². The predicted molar refractivity (Wildman–Crippen MR) is 153 cm³/mol. The Morgan fingerprint density at radius 3 is 2.66 bits per heavy atom. The fraction of sp³-hybridized carbons (Fsp3) is 0.424. The quantitative estimate of drug-likeness (QED) is 0.404. The van der Waals surface area contributed by atoms with Gasteiger partial charge in [0.1, 0.15) is 5.75 Å². The molecule has 1 saturated carbocycles. The first-order chi connectivity index (χ1) is 18.3. The number of amides is 1. The Labute approximate surface area is 226 Å². The minimum absolute atomic E-state index is 0.0194. The molecule has 0 spiro atoms. The number of benzene rings is 3. The highest BCUT2D eigenvalue weighted by Crippen LogP contribution is 2.51. The second kappa shape index (κ2) is 10.9. The number of nitrogens with zero attached hydrogens (tertiary/aromatic N) is 2. The van der Waals surface area contributed by atoms with Crippen molar-refractivity contribution in [3.63, 3.8) is 0 Å². The van der Waals surface area contributed by atoms with Crippen molar-refractivity contribution in [1.82, 2.24) is 9.80 Å². The number of aliphatic hydroxyl groups is 1. The molecule has 38 heavy (non-hydrogen) atoms. The van der Waals surface area contributed by atoms with Crippen molar-refractivity contribution in [2.75, 3.05) is 26.2 Å². The van der Waals surface area contributed by atoms with Crippen molar-refractivity contribution in [2.24, 2.45) is 11.8 Å². The Balaban J connectivity index is 1.52. The van der Waals surface area contributed by atoms with Crippen molar-refractivity contribution in [1.29, 1.82) is 0 Å². The average Bonchev–Trinajstić information content (AvgIpc) is 2.91. The predicted octanol–water partition coefficient (Wildman–Crippen LogP) is 5.61. The van der Waals surface area contributed by atoms with Gasteiger partial charge in [0.25, 0.3) is 5.91 Å². The number of aromatic hydroxyl groups is 1. The highest BCUT2D eigenvalue weighted by Gasteiger charge is 2.53. The largest absolute Gasteiger partial charge is 0.508 e. The molecule has 3 aromatic carbocycles. The summed E-state index contributed by atoms with van der Waals surface area (Å²) < 4.78 is 0. The lowest BCUT2D eigenvalue weighted by atomic mass is 9.56. The number of phenolic OH excluding ortho intramolecular Hbond substituents is 1. The van der Waals surface area contributed by atoms with Gasteiger partial charge in [0.2, 0.25) is 0 Å². The highest BCUT2D eigenvalue weighted by molar-refractivity contribution is 5.98. The monoisotopic (exact) mass is 512 g/mol. The summed E-state index contributed by atoms with van der Waals surface area (Å²) in [6.45, 7) is 11.3. The van der Waals surface area contributed by atoms with Crippen LogP contribution in [0.1, 0.15) is 49.0 Å². The van der Waals surface area contributed by atoms with E-state index in [2.05, 4.69) is 37.5 Å². The minimum atomic E-state index is -0.553. The molecule has 0 radical (unpaired) electrons. The van der Waals surface area contributed by atoms with E-state index < -0.39 is 6.10 Å². The maximum Gasteiger partial charge on any atom is 0.254 e. The molecule has 5 nitrogen and oxygen atoms in total. The summed E-state index contributed by atoms with van der Waals surface area (Å²) in [6, 6.07) is 21.5. The molecule has 4 atom stereocenters. The van der Waals surface area contributed by atoms with Crippen LogP contribution in [-0.4, -0.2) is 64.2 Å². The van der Waals surface area contributed by atoms with E-state index in [1.165, 1.54) is 0 Å². The average molecular weight is 513 g/mol. The van der Waals surface area contributed by atoms with Gasteiger partial charge in [-0.05, 0) is 72.3 Å². The van der Waals surface area contributed by atoms with Crippen LogP contribution in [-0.2, 0) is 5.41 Å². The number of carbonyl (C=O) groups is 1. The van der Waals surface area contributed by atoms with Gasteiger partial charge in [-0.15, -0.1) is 6.58 Å². The zero-order chi connectivity index (χ0) is 26.9. The van der Waals surface area contributed by atoms with Gasteiger partial charge in [-0.2, -0.15) is 0 Å². The lowest BCUT2D eigenvalue weighted by Crippen LogP contribution is -2.61. The van der Waals surface area contributed by atoms with Crippen LogP contribution in [0.15, 0.2) is 79.4 Å². The van der Waals surface area contributed by atoms with E-state index in [1.807, 2.05) is 59.5 Å². The van der Waals surface area contributed by atoms with Crippen LogP contribution in [0.5, 0.6) is 5.75 Å².